The van der Waals surface area contributed by atoms with Crippen LogP contribution in [0.5, 0.6) is 0 Å². The second-order valence-electron chi connectivity index (χ2n) is 5.54. The van der Waals surface area contributed by atoms with Crippen LogP contribution in [0.15, 0.2) is 0 Å². The molecule has 1 saturated heterocycles. The van der Waals surface area contributed by atoms with Gasteiger partial charge in [-0.1, -0.05) is 0 Å². The number of carbonyl (C=O) groups is 1. The number of nitrogens with one attached hydrogen (secondary N) is 1. The Bertz CT molecular complexity index is 263. The van der Waals surface area contributed by atoms with E-state index in [-0.39, 0.29) is 18.2 Å². The summed E-state index contributed by atoms with van der Waals surface area (Å²) < 4.78 is 10.5. The fraction of sp³-hybridized carbons (Fsp3) is 0.917. The summed E-state index contributed by atoms with van der Waals surface area (Å²) in [6, 6.07) is 0.335. The molecule has 5 heteroatoms. The number of ether oxygens (including phenoxy) is 2. The average Bonchev–Trinajstić information content (AvgIpc) is 2.18. The highest BCUT2D eigenvalue weighted by Crippen LogP contribution is 2.14. The molecule has 0 saturated carbocycles. The fourth-order valence-electron chi connectivity index (χ4n) is 1.82. The molecule has 0 spiro atoms. The van der Waals surface area contributed by atoms with Crippen molar-refractivity contribution in [1.29, 1.82) is 0 Å². The average molecular weight is 244 g/mol. The molecule has 1 N–H and O–H groups in total. The van der Waals surface area contributed by atoms with Crippen molar-refractivity contribution in [3.8, 4) is 0 Å². The van der Waals surface area contributed by atoms with Gasteiger partial charge in [0.1, 0.15) is 5.60 Å². The van der Waals surface area contributed by atoms with Gasteiger partial charge in [-0.05, 0) is 27.7 Å². The lowest BCUT2D eigenvalue weighted by molar-refractivity contribution is 0.00518. The predicted octanol–water partition coefficient (Wildman–Crippen LogP) is 1.23. The zero-order valence-electron chi connectivity index (χ0n) is 11.4. The molecule has 17 heavy (non-hydrogen) atoms. The molecule has 1 aliphatic heterocycles. The zero-order valence-corrected chi connectivity index (χ0v) is 11.4. The molecule has 0 bridgehead atoms. The summed E-state index contributed by atoms with van der Waals surface area (Å²) in [5.41, 5.74) is -0.446. The third-order valence-electron chi connectivity index (χ3n) is 2.65. The summed E-state index contributed by atoms with van der Waals surface area (Å²) in [6.07, 6.45) is -0.243. The van der Waals surface area contributed by atoms with Crippen molar-refractivity contribution < 1.29 is 14.3 Å². The van der Waals surface area contributed by atoms with E-state index in [4.69, 9.17) is 9.47 Å². The topological polar surface area (TPSA) is 50.8 Å². The van der Waals surface area contributed by atoms with Gasteiger partial charge in [-0.3, -0.25) is 0 Å². The second-order valence-corrected chi connectivity index (χ2v) is 5.54. The first-order valence-electron chi connectivity index (χ1n) is 6.05. The number of rotatable bonds is 2. The second kappa shape index (κ2) is 5.69. The molecule has 1 aliphatic rings. The Morgan fingerprint density at radius 2 is 2.12 bits per heavy atom. The standard InChI is InChI=1S/C12H24N2O3/c1-9-6-13-10(8-16-5)7-14(9)11(15)17-12(2,3)4/h9-10,13H,6-8H2,1-5H3/t9-,10+/m1/s1. The molecule has 0 aromatic rings. The van der Waals surface area contributed by atoms with Crippen molar-refractivity contribution in [3.63, 3.8) is 0 Å². The quantitative estimate of drug-likeness (QED) is 0.794. The van der Waals surface area contributed by atoms with Gasteiger partial charge in [-0.25, -0.2) is 4.79 Å². The van der Waals surface area contributed by atoms with E-state index in [0.717, 1.165) is 6.54 Å². The SMILES string of the molecule is COC[C@@H]1CN(C(=O)OC(C)(C)C)[C@H](C)CN1. The lowest BCUT2D eigenvalue weighted by atomic mass is 10.1. The Hall–Kier alpha value is -0.810. The number of hydrogen-bond donors (Lipinski definition) is 1. The van der Waals surface area contributed by atoms with E-state index < -0.39 is 5.60 Å². The molecular weight excluding hydrogens is 220 g/mol. The summed E-state index contributed by atoms with van der Waals surface area (Å²) in [7, 11) is 1.66. The minimum Gasteiger partial charge on any atom is -0.444 e. The van der Waals surface area contributed by atoms with Crippen molar-refractivity contribution >= 4 is 6.09 Å². The Morgan fingerprint density at radius 1 is 1.47 bits per heavy atom. The first-order chi connectivity index (χ1) is 7.83. The number of nitrogens with zero attached hydrogens (tertiary/aromatic N) is 1. The van der Waals surface area contributed by atoms with E-state index in [0.29, 0.717) is 13.2 Å². The first kappa shape index (κ1) is 14.3. The summed E-state index contributed by atoms with van der Waals surface area (Å²) in [5.74, 6) is 0. The molecule has 2 atom stereocenters. The van der Waals surface area contributed by atoms with E-state index in [9.17, 15) is 4.79 Å². The Morgan fingerprint density at radius 3 is 2.65 bits per heavy atom. The lowest BCUT2D eigenvalue weighted by Gasteiger charge is -2.39. The Balaban J connectivity index is 2.57. The van der Waals surface area contributed by atoms with Gasteiger partial charge in [-0.2, -0.15) is 0 Å². The summed E-state index contributed by atoms with van der Waals surface area (Å²) in [5, 5.41) is 3.34. The molecule has 0 radical (unpaired) electrons. The maximum atomic E-state index is 12.0. The van der Waals surface area contributed by atoms with Crippen LogP contribution in [0.3, 0.4) is 0 Å². The van der Waals surface area contributed by atoms with Crippen LogP contribution in [0, 0.1) is 0 Å². The minimum absolute atomic E-state index is 0.151. The van der Waals surface area contributed by atoms with Gasteiger partial charge in [0.15, 0.2) is 0 Å². The minimum atomic E-state index is -0.446. The monoisotopic (exact) mass is 244 g/mol. The van der Waals surface area contributed by atoms with Crippen LogP contribution in [0.2, 0.25) is 0 Å². The predicted molar refractivity (Wildman–Crippen MR) is 66.1 cm³/mol. The van der Waals surface area contributed by atoms with Crippen LogP contribution in [-0.4, -0.2) is 55.5 Å². The third kappa shape index (κ3) is 4.52. The highest BCUT2D eigenvalue weighted by Gasteiger charge is 2.31. The van der Waals surface area contributed by atoms with Crippen LogP contribution >= 0.6 is 0 Å². The Labute approximate surface area is 103 Å². The van der Waals surface area contributed by atoms with E-state index in [1.54, 1.807) is 12.0 Å². The van der Waals surface area contributed by atoms with Crippen LogP contribution in [0.25, 0.3) is 0 Å². The molecule has 0 aromatic carbocycles. The third-order valence-corrected chi connectivity index (χ3v) is 2.65. The number of methoxy groups -OCH3 is 1. The molecule has 5 nitrogen and oxygen atoms in total. The number of hydrogen-bond acceptors (Lipinski definition) is 4. The number of amides is 1. The highest BCUT2D eigenvalue weighted by atomic mass is 16.6. The van der Waals surface area contributed by atoms with Gasteiger partial charge in [0, 0.05) is 32.3 Å². The maximum absolute atomic E-state index is 12.0. The first-order valence-corrected chi connectivity index (χ1v) is 6.05. The normalized spacial score (nSPS) is 25.8. The van der Waals surface area contributed by atoms with Crippen LogP contribution in [0.4, 0.5) is 4.79 Å². The molecule has 100 valence electrons. The molecule has 0 unspecified atom stereocenters. The summed E-state index contributed by atoms with van der Waals surface area (Å²) in [4.78, 5) is 13.8. The van der Waals surface area contributed by atoms with Gasteiger partial charge in [0.05, 0.1) is 6.61 Å². The van der Waals surface area contributed by atoms with Crippen molar-refractivity contribution in [2.24, 2.45) is 0 Å². The van der Waals surface area contributed by atoms with E-state index >= 15 is 0 Å². The molecule has 0 aliphatic carbocycles. The number of carbonyl (C=O) groups excluding carboxylic acids is 1. The summed E-state index contributed by atoms with van der Waals surface area (Å²) >= 11 is 0. The zero-order chi connectivity index (χ0) is 13.1. The van der Waals surface area contributed by atoms with Crippen molar-refractivity contribution in [1.82, 2.24) is 10.2 Å². The fourth-order valence-corrected chi connectivity index (χ4v) is 1.82. The molecule has 0 aromatic heterocycles. The van der Waals surface area contributed by atoms with Crippen LogP contribution in [0.1, 0.15) is 27.7 Å². The summed E-state index contributed by atoms with van der Waals surface area (Å²) in [6.45, 7) is 9.66. The van der Waals surface area contributed by atoms with Crippen LogP contribution in [-0.2, 0) is 9.47 Å². The molecule has 1 fully saturated rings. The molecule has 1 rings (SSSR count). The largest absolute Gasteiger partial charge is 0.444 e. The maximum Gasteiger partial charge on any atom is 0.410 e. The van der Waals surface area contributed by atoms with Gasteiger partial charge in [0.2, 0.25) is 0 Å². The van der Waals surface area contributed by atoms with Gasteiger partial charge in [-0.15, -0.1) is 0 Å². The number of piperazine rings is 1. The van der Waals surface area contributed by atoms with Crippen LogP contribution < -0.4 is 5.32 Å². The molecule has 1 heterocycles. The molecule has 1 amide bonds. The van der Waals surface area contributed by atoms with Crippen molar-refractivity contribution in [2.75, 3.05) is 26.8 Å². The highest BCUT2D eigenvalue weighted by molar-refractivity contribution is 5.68. The van der Waals surface area contributed by atoms with Gasteiger partial charge in [0.25, 0.3) is 0 Å². The lowest BCUT2D eigenvalue weighted by Crippen LogP contribution is -2.59. The van der Waals surface area contributed by atoms with E-state index in [1.165, 1.54) is 0 Å². The van der Waals surface area contributed by atoms with Gasteiger partial charge < -0.3 is 19.7 Å². The van der Waals surface area contributed by atoms with Gasteiger partial charge >= 0.3 is 6.09 Å². The molecular formula is C12H24N2O3. The van der Waals surface area contributed by atoms with E-state index in [1.807, 2.05) is 27.7 Å². The smallest absolute Gasteiger partial charge is 0.410 e. The Kier molecular flexibility index (Phi) is 4.77. The van der Waals surface area contributed by atoms with E-state index in [2.05, 4.69) is 5.32 Å². The van der Waals surface area contributed by atoms with Crippen molar-refractivity contribution in [3.05, 3.63) is 0 Å². The van der Waals surface area contributed by atoms with Crippen molar-refractivity contribution in [2.45, 2.75) is 45.4 Å².